The lowest BCUT2D eigenvalue weighted by Gasteiger charge is -2.05. The Bertz CT molecular complexity index is 1040. The van der Waals surface area contributed by atoms with E-state index in [9.17, 15) is 14.0 Å². The number of rotatable bonds is 5. The number of halogens is 2. The number of carbonyl (C=O) groups excluding carboxylic acids is 2. The Morgan fingerprint density at radius 2 is 1.75 bits per heavy atom. The summed E-state index contributed by atoms with van der Waals surface area (Å²) in [5.41, 5.74) is 3.08. The van der Waals surface area contributed by atoms with Crippen molar-refractivity contribution < 1.29 is 18.7 Å². The van der Waals surface area contributed by atoms with Crippen LogP contribution in [0.1, 0.15) is 26.3 Å². The summed E-state index contributed by atoms with van der Waals surface area (Å²) >= 11 is 5.80. The highest BCUT2D eigenvalue weighted by atomic mass is 35.5. The molecule has 140 valence electrons. The number of nitrogens with zero attached hydrogens (tertiary/aromatic N) is 1. The first-order valence-electron chi connectivity index (χ1n) is 8.19. The first-order valence-corrected chi connectivity index (χ1v) is 8.56. The molecule has 7 heteroatoms. The fourth-order valence-corrected chi connectivity index (χ4v) is 2.41. The largest absolute Gasteiger partial charge is 0.423 e. The van der Waals surface area contributed by atoms with Crippen molar-refractivity contribution in [1.82, 2.24) is 5.43 Å². The van der Waals surface area contributed by atoms with E-state index in [4.69, 9.17) is 16.3 Å². The maximum atomic E-state index is 13.6. The van der Waals surface area contributed by atoms with Crippen molar-refractivity contribution in [2.75, 3.05) is 0 Å². The smallest absolute Gasteiger partial charge is 0.343 e. The molecule has 0 fully saturated rings. The Labute approximate surface area is 165 Å². The van der Waals surface area contributed by atoms with E-state index in [-0.39, 0.29) is 5.56 Å². The monoisotopic (exact) mass is 396 g/mol. The second-order valence-electron chi connectivity index (χ2n) is 5.65. The van der Waals surface area contributed by atoms with Gasteiger partial charge in [-0.25, -0.2) is 14.6 Å². The van der Waals surface area contributed by atoms with Crippen LogP contribution < -0.4 is 10.2 Å². The first-order chi connectivity index (χ1) is 13.5. The Kier molecular flexibility index (Phi) is 6.14. The third-order valence-corrected chi connectivity index (χ3v) is 3.90. The summed E-state index contributed by atoms with van der Waals surface area (Å²) in [7, 11) is 0. The molecule has 0 aromatic heterocycles. The van der Waals surface area contributed by atoms with Crippen molar-refractivity contribution in [2.45, 2.75) is 0 Å². The highest BCUT2D eigenvalue weighted by Crippen LogP contribution is 2.16. The minimum Gasteiger partial charge on any atom is -0.423 e. The number of nitrogens with one attached hydrogen (secondary N) is 1. The molecule has 0 atom stereocenters. The van der Waals surface area contributed by atoms with Crippen LogP contribution in [0.4, 0.5) is 4.39 Å². The van der Waals surface area contributed by atoms with Gasteiger partial charge in [-0.1, -0.05) is 35.9 Å². The highest BCUT2D eigenvalue weighted by molar-refractivity contribution is 6.30. The molecular formula is C21H14ClFN2O3. The third kappa shape index (κ3) is 5.02. The van der Waals surface area contributed by atoms with Crippen LogP contribution >= 0.6 is 11.6 Å². The standard InChI is InChI=1S/C21H14ClFN2O3/c22-16-10-8-15(9-11-16)21(27)28-17-5-3-4-14(12-17)13-24-25-20(26)18-6-1-2-7-19(18)23/h1-13H,(H,25,26)/b24-13+. The predicted octanol–water partition coefficient (Wildman–Crippen LogP) is 4.46. The number of hydrogen-bond donors (Lipinski definition) is 1. The van der Waals surface area contributed by atoms with Gasteiger partial charge in [0.05, 0.1) is 17.3 Å². The van der Waals surface area contributed by atoms with E-state index in [1.807, 2.05) is 0 Å². The lowest BCUT2D eigenvalue weighted by Crippen LogP contribution is -2.18. The van der Waals surface area contributed by atoms with Gasteiger partial charge >= 0.3 is 5.97 Å². The minimum atomic E-state index is -0.667. The molecule has 1 N–H and O–H groups in total. The molecule has 28 heavy (non-hydrogen) atoms. The summed E-state index contributed by atoms with van der Waals surface area (Å²) < 4.78 is 18.9. The van der Waals surface area contributed by atoms with E-state index in [0.717, 1.165) is 0 Å². The van der Waals surface area contributed by atoms with Gasteiger partial charge in [0, 0.05) is 5.02 Å². The van der Waals surface area contributed by atoms with Crippen molar-refractivity contribution in [3.05, 3.63) is 100 Å². The lowest BCUT2D eigenvalue weighted by molar-refractivity contribution is 0.0734. The van der Waals surface area contributed by atoms with Gasteiger partial charge in [0.15, 0.2) is 0 Å². The van der Waals surface area contributed by atoms with E-state index >= 15 is 0 Å². The summed E-state index contributed by atoms with van der Waals surface area (Å²) in [5, 5.41) is 4.32. The van der Waals surface area contributed by atoms with Crippen LogP contribution in [0.5, 0.6) is 5.75 Å². The molecule has 5 nitrogen and oxygen atoms in total. The quantitative estimate of drug-likeness (QED) is 0.299. The summed E-state index contributed by atoms with van der Waals surface area (Å²) in [6.45, 7) is 0. The average molecular weight is 397 g/mol. The Balaban J connectivity index is 1.63. The maximum Gasteiger partial charge on any atom is 0.343 e. The first kappa shape index (κ1) is 19.3. The number of hydrazone groups is 1. The molecule has 3 aromatic carbocycles. The van der Waals surface area contributed by atoms with E-state index in [2.05, 4.69) is 10.5 Å². The van der Waals surface area contributed by atoms with E-state index in [0.29, 0.717) is 21.9 Å². The maximum absolute atomic E-state index is 13.6. The second kappa shape index (κ2) is 8.92. The molecule has 0 saturated heterocycles. The van der Waals surface area contributed by atoms with Crippen LogP contribution in [-0.2, 0) is 0 Å². The Morgan fingerprint density at radius 1 is 1.00 bits per heavy atom. The van der Waals surface area contributed by atoms with Crippen LogP contribution in [0.3, 0.4) is 0 Å². The average Bonchev–Trinajstić information content (AvgIpc) is 2.69. The number of esters is 1. The number of amides is 1. The van der Waals surface area contributed by atoms with Crippen molar-refractivity contribution in [3.63, 3.8) is 0 Å². The fourth-order valence-electron chi connectivity index (χ4n) is 2.28. The summed E-state index contributed by atoms with van der Waals surface area (Å²) in [6, 6.07) is 18.5. The molecule has 0 heterocycles. The zero-order valence-corrected chi connectivity index (χ0v) is 15.2. The summed E-state index contributed by atoms with van der Waals surface area (Å²) in [4.78, 5) is 24.0. The zero-order chi connectivity index (χ0) is 19.9. The molecule has 1 amide bonds. The van der Waals surface area contributed by atoms with Gasteiger partial charge in [-0.3, -0.25) is 4.79 Å². The van der Waals surface area contributed by atoms with Crippen LogP contribution in [0.15, 0.2) is 77.9 Å². The zero-order valence-electron chi connectivity index (χ0n) is 14.4. The van der Waals surface area contributed by atoms with Crippen LogP contribution in [0.2, 0.25) is 5.02 Å². The van der Waals surface area contributed by atoms with E-state index in [1.165, 1.54) is 24.4 Å². The van der Waals surface area contributed by atoms with E-state index in [1.54, 1.807) is 54.6 Å². The molecule has 0 saturated carbocycles. The van der Waals surface area contributed by atoms with Gasteiger partial charge in [-0.05, 0) is 54.1 Å². The normalized spacial score (nSPS) is 10.6. The highest BCUT2D eigenvalue weighted by Gasteiger charge is 2.10. The third-order valence-electron chi connectivity index (χ3n) is 3.65. The molecule has 0 spiro atoms. The van der Waals surface area contributed by atoms with Gasteiger partial charge in [0.1, 0.15) is 11.6 Å². The van der Waals surface area contributed by atoms with Crippen molar-refractivity contribution >= 4 is 29.7 Å². The lowest BCUT2D eigenvalue weighted by atomic mass is 10.2. The van der Waals surface area contributed by atoms with Crippen LogP contribution in [0.25, 0.3) is 0 Å². The second-order valence-corrected chi connectivity index (χ2v) is 6.08. The number of benzene rings is 3. The molecule has 0 radical (unpaired) electrons. The molecule has 0 unspecified atom stereocenters. The fraction of sp³-hybridized carbons (Fsp3) is 0. The summed E-state index contributed by atoms with van der Waals surface area (Å²) in [5.74, 6) is -1.52. The topological polar surface area (TPSA) is 67.8 Å². The van der Waals surface area contributed by atoms with Crippen LogP contribution in [-0.4, -0.2) is 18.1 Å². The molecule has 0 aliphatic heterocycles. The van der Waals surface area contributed by atoms with E-state index < -0.39 is 17.7 Å². The number of carbonyl (C=O) groups is 2. The molecule has 0 aliphatic rings. The summed E-state index contributed by atoms with van der Waals surface area (Å²) in [6.07, 6.45) is 1.36. The van der Waals surface area contributed by atoms with Gasteiger partial charge in [-0.2, -0.15) is 5.10 Å². The van der Waals surface area contributed by atoms with Crippen molar-refractivity contribution in [1.29, 1.82) is 0 Å². The molecule has 0 bridgehead atoms. The SMILES string of the molecule is O=C(Oc1cccc(/C=N/NC(=O)c2ccccc2F)c1)c1ccc(Cl)cc1. The molecule has 0 aliphatic carbocycles. The molecule has 3 rings (SSSR count). The molecule has 3 aromatic rings. The van der Waals surface area contributed by atoms with Crippen molar-refractivity contribution in [2.24, 2.45) is 5.10 Å². The minimum absolute atomic E-state index is 0.106. The Morgan fingerprint density at radius 3 is 2.50 bits per heavy atom. The van der Waals surface area contributed by atoms with Gasteiger partial charge in [0.25, 0.3) is 5.91 Å². The number of hydrogen-bond acceptors (Lipinski definition) is 4. The number of ether oxygens (including phenoxy) is 1. The molecular weight excluding hydrogens is 383 g/mol. The van der Waals surface area contributed by atoms with Crippen molar-refractivity contribution in [3.8, 4) is 5.75 Å². The predicted molar refractivity (Wildman–Crippen MR) is 104 cm³/mol. The Hall–Kier alpha value is -3.51. The van der Waals surface area contributed by atoms with Gasteiger partial charge < -0.3 is 4.74 Å². The van der Waals surface area contributed by atoms with Crippen LogP contribution in [0, 0.1) is 5.82 Å². The van der Waals surface area contributed by atoms with Gasteiger partial charge in [-0.15, -0.1) is 0 Å². The van der Waals surface area contributed by atoms with Gasteiger partial charge in [0.2, 0.25) is 0 Å².